The number of hydrogen-bond acceptors (Lipinski definition) is 6. The molecule has 0 bridgehead atoms. The molecule has 0 aromatic carbocycles. The van der Waals surface area contributed by atoms with Crippen LogP contribution < -0.4 is 37.2 Å². The summed E-state index contributed by atoms with van der Waals surface area (Å²) in [5.41, 5.74) is 2.58. The van der Waals surface area contributed by atoms with Gasteiger partial charge in [-0.2, -0.15) is 0 Å². The zero-order chi connectivity index (χ0) is 37.6. The SMILES string of the molecule is C=C(Cl)C(=O)Nc1cc(C(=O)Nc2cc(C(=O)Nc3cc(C(=O)Nc4cc(C(=O)NCC(C)NC(=NC)NC)n(C)c4)n(C)c3)n(C)c2)n(C)c1. The van der Waals surface area contributed by atoms with Crippen molar-refractivity contribution in [1.82, 2.24) is 34.2 Å². The highest BCUT2D eigenvalue weighted by Crippen LogP contribution is 2.21. The molecular weight excluding hydrogens is 680 g/mol. The van der Waals surface area contributed by atoms with Crippen LogP contribution in [0.15, 0.2) is 65.7 Å². The Morgan fingerprint density at radius 1 is 0.686 bits per heavy atom. The summed E-state index contributed by atoms with van der Waals surface area (Å²) < 4.78 is 6.24. The van der Waals surface area contributed by atoms with Gasteiger partial charge in [0.25, 0.3) is 29.5 Å². The fraction of sp³-hybridized carbons (Fsp3) is 0.273. The second kappa shape index (κ2) is 16.0. The van der Waals surface area contributed by atoms with Gasteiger partial charge in [-0.1, -0.05) is 18.2 Å². The van der Waals surface area contributed by atoms with E-state index in [-0.39, 0.29) is 34.1 Å². The van der Waals surface area contributed by atoms with E-state index in [0.29, 0.717) is 40.9 Å². The summed E-state index contributed by atoms with van der Waals surface area (Å²) in [6.07, 6.45) is 6.34. The lowest BCUT2D eigenvalue weighted by Crippen LogP contribution is -2.46. The number of anilines is 4. The van der Waals surface area contributed by atoms with Crippen molar-refractivity contribution in [3.05, 3.63) is 83.4 Å². The van der Waals surface area contributed by atoms with Crippen LogP contribution >= 0.6 is 11.6 Å². The number of guanidine groups is 1. The van der Waals surface area contributed by atoms with Gasteiger partial charge in [-0.25, -0.2) is 0 Å². The molecule has 1 unspecified atom stereocenters. The Labute approximate surface area is 299 Å². The van der Waals surface area contributed by atoms with Crippen LogP contribution in [0.4, 0.5) is 22.7 Å². The lowest BCUT2D eigenvalue weighted by Gasteiger charge is -2.17. The molecule has 7 N–H and O–H groups in total. The number of aromatic nitrogens is 4. The summed E-state index contributed by atoms with van der Waals surface area (Å²) in [4.78, 5) is 68.1. The number of aliphatic imine (C=N–C) groups is 1. The minimum absolute atomic E-state index is 0.0918. The van der Waals surface area contributed by atoms with E-state index in [1.807, 2.05) is 6.92 Å². The molecule has 0 spiro atoms. The molecule has 0 saturated heterocycles. The average Bonchev–Trinajstić information content (AvgIpc) is 3.83. The fourth-order valence-corrected chi connectivity index (χ4v) is 5.14. The smallest absolute Gasteiger partial charge is 0.272 e. The first-order valence-electron chi connectivity index (χ1n) is 15.5. The maximum atomic E-state index is 13.2. The standard InChI is InChI=1S/C33H41ClN12O5/c1-18(38-33(35-3)36-4)13-37-29(48)24-9-21(15-43(24)5)40-31(50)26-11-23(17-45(26)7)42-32(51)27-12-22(16-46(27)8)41-30(49)25-10-20(14-44(25)6)39-28(47)19(2)34/h9-12,14-18H,2,13H2,1,3-8H3,(H,37,48)(H,39,47)(H,40,50)(H,41,49)(H,42,51)(H2,35,36,38). The molecule has 270 valence electrons. The van der Waals surface area contributed by atoms with Gasteiger partial charge in [0, 0.05) is 79.7 Å². The maximum absolute atomic E-state index is 13.2. The summed E-state index contributed by atoms with van der Waals surface area (Å²) in [5, 5.41) is 19.6. The zero-order valence-corrected chi connectivity index (χ0v) is 30.0. The second-order valence-electron chi connectivity index (χ2n) is 11.7. The predicted octanol–water partition coefficient (Wildman–Crippen LogP) is 2.40. The van der Waals surface area contributed by atoms with Gasteiger partial charge < -0.3 is 55.5 Å². The largest absolute Gasteiger partial charge is 0.359 e. The number of amides is 5. The number of halogens is 1. The fourth-order valence-electron chi connectivity index (χ4n) is 5.09. The molecular formula is C33H41ClN12O5. The first-order chi connectivity index (χ1) is 24.1. The van der Waals surface area contributed by atoms with Gasteiger partial charge in [0.1, 0.15) is 22.8 Å². The normalized spacial score (nSPS) is 11.7. The number of nitrogens with zero attached hydrogens (tertiary/aromatic N) is 5. The van der Waals surface area contributed by atoms with Crippen LogP contribution in [0.5, 0.6) is 0 Å². The van der Waals surface area contributed by atoms with Crippen LogP contribution in [0.3, 0.4) is 0 Å². The van der Waals surface area contributed by atoms with Crippen molar-refractivity contribution >= 4 is 69.8 Å². The Morgan fingerprint density at radius 3 is 1.37 bits per heavy atom. The molecule has 0 fully saturated rings. The number of aryl methyl sites for hydroxylation is 4. The van der Waals surface area contributed by atoms with E-state index < -0.39 is 23.6 Å². The van der Waals surface area contributed by atoms with Crippen LogP contribution in [-0.2, 0) is 33.0 Å². The third kappa shape index (κ3) is 9.27. The van der Waals surface area contributed by atoms with E-state index in [4.69, 9.17) is 11.6 Å². The van der Waals surface area contributed by atoms with E-state index >= 15 is 0 Å². The molecule has 4 heterocycles. The Bertz CT molecular complexity index is 2030. The lowest BCUT2D eigenvalue weighted by atomic mass is 10.3. The zero-order valence-electron chi connectivity index (χ0n) is 29.3. The van der Waals surface area contributed by atoms with Crippen molar-refractivity contribution in [2.45, 2.75) is 13.0 Å². The van der Waals surface area contributed by atoms with E-state index in [1.165, 1.54) is 22.8 Å². The topological polar surface area (TPSA) is 202 Å². The highest BCUT2D eigenvalue weighted by Gasteiger charge is 2.20. The quantitative estimate of drug-likeness (QED) is 0.0662. The lowest BCUT2D eigenvalue weighted by molar-refractivity contribution is -0.112. The molecule has 51 heavy (non-hydrogen) atoms. The summed E-state index contributed by atoms with van der Waals surface area (Å²) in [7, 11) is 10.0. The van der Waals surface area contributed by atoms with E-state index in [0.717, 1.165) is 0 Å². The first kappa shape index (κ1) is 37.6. The molecule has 4 rings (SSSR count). The molecule has 18 heteroatoms. The molecule has 5 amide bonds. The predicted molar refractivity (Wildman–Crippen MR) is 196 cm³/mol. The number of rotatable bonds is 12. The van der Waals surface area contributed by atoms with Gasteiger partial charge in [-0.05, 0) is 31.2 Å². The minimum Gasteiger partial charge on any atom is -0.359 e. The number of nitrogens with one attached hydrogen (secondary N) is 7. The van der Waals surface area contributed by atoms with Gasteiger partial charge in [0.2, 0.25) is 0 Å². The first-order valence-corrected chi connectivity index (χ1v) is 15.9. The average molecular weight is 721 g/mol. The third-order valence-corrected chi connectivity index (χ3v) is 7.81. The Hall–Kier alpha value is -6.23. The van der Waals surface area contributed by atoms with Crippen LogP contribution in [0.1, 0.15) is 48.9 Å². The minimum atomic E-state index is -0.591. The van der Waals surface area contributed by atoms with Crippen LogP contribution in [0.25, 0.3) is 0 Å². The molecule has 0 aliphatic carbocycles. The van der Waals surface area contributed by atoms with Crippen molar-refractivity contribution in [3.8, 4) is 0 Å². The van der Waals surface area contributed by atoms with Crippen LogP contribution in [0, 0.1) is 0 Å². The summed E-state index contributed by atoms with van der Waals surface area (Å²) in [5.74, 6) is -1.71. The molecule has 17 nitrogen and oxygen atoms in total. The maximum Gasteiger partial charge on any atom is 0.272 e. The van der Waals surface area contributed by atoms with Crippen molar-refractivity contribution < 1.29 is 24.0 Å². The van der Waals surface area contributed by atoms with Crippen molar-refractivity contribution in [3.63, 3.8) is 0 Å². The molecule has 4 aromatic heterocycles. The third-order valence-electron chi connectivity index (χ3n) is 7.64. The van der Waals surface area contributed by atoms with Crippen molar-refractivity contribution in [1.29, 1.82) is 0 Å². The highest BCUT2D eigenvalue weighted by molar-refractivity contribution is 6.43. The summed E-state index contributed by atoms with van der Waals surface area (Å²) in [6, 6.07) is 5.99. The molecule has 0 saturated carbocycles. The second-order valence-corrected chi connectivity index (χ2v) is 12.2. The number of hydrogen-bond donors (Lipinski definition) is 7. The van der Waals surface area contributed by atoms with Gasteiger partial charge in [0.15, 0.2) is 5.96 Å². The van der Waals surface area contributed by atoms with E-state index in [2.05, 4.69) is 48.8 Å². The Balaban J connectivity index is 1.36. The summed E-state index contributed by atoms with van der Waals surface area (Å²) in [6.45, 7) is 5.62. The van der Waals surface area contributed by atoms with Crippen LogP contribution in [0.2, 0.25) is 0 Å². The van der Waals surface area contributed by atoms with Gasteiger partial charge in [0.05, 0.1) is 27.8 Å². The van der Waals surface area contributed by atoms with E-state index in [9.17, 15) is 24.0 Å². The van der Waals surface area contributed by atoms with Crippen molar-refractivity contribution in [2.75, 3.05) is 41.9 Å². The number of carbonyl (C=O) groups is 5. The highest BCUT2D eigenvalue weighted by atomic mass is 35.5. The summed E-state index contributed by atoms with van der Waals surface area (Å²) >= 11 is 5.62. The monoisotopic (exact) mass is 720 g/mol. The van der Waals surface area contributed by atoms with Gasteiger partial charge in [-0.3, -0.25) is 29.0 Å². The van der Waals surface area contributed by atoms with E-state index in [1.54, 1.807) is 86.8 Å². The molecule has 0 aliphatic rings. The molecule has 1 atom stereocenters. The Morgan fingerprint density at radius 2 is 1.04 bits per heavy atom. The van der Waals surface area contributed by atoms with Crippen molar-refractivity contribution in [2.24, 2.45) is 33.2 Å². The van der Waals surface area contributed by atoms with Gasteiger partial charge >= 0.3 is 0 Å². The van der Waals surface area contributed by atoms with Gasteiger partial charge in [-0.15, -0.1) is 0 Å². The molecule has 4 aromatic rings. The number of carbonyl (C=O) groups excluding carboxylic acids is 5. The van der Waals surface area contributed by atoms with Crippen LogP contribution in [-0.4, -0.2) is 80.4 Å². The molecule has 0 radical (unpaired) electrons. The molecule has 0 aliphatic heterocycles. The Kier molecular flexibility index (Phi) is 11.8.